The molecule has 0 bridgehead atoms. The lowest BCUT2D eigenvalue weighted by atomic mass is 9.95. The first-order valence-electron chi connectivity index (χ1n) is 8.71. The number of methoxy groups -OCH3 is 1. The summed E-state index contributed by atoms with van der Waals surface area (Å²) in [7, 11) is 1.66. The van der Waals surface area contributed by atoms with Gasteiger partial charge in [-0.3, -0.25) is 0 Å². The largest absolute Gasteiger partial charge is 0.497 e. The van der Waals surface area contributed by atoms with Crippen LogP contribution in [-0.2, 0) is 12.0 Å². The molecule has 0 N–H and O–H groups in total. The van der Waals surface area contributed by atoms with Gasteiger partial charge in [-0.05, 0) is 42.8 Å². The molecule has 0 saturated heterocycles. The Hall–Kier alpha value is -2.49. The summed E-state index contributed by atoms with van der Waals surface area (Å²) >= 11 is 0. The van der Waals surface area contributed by atoms with Crippen molar-refractivity contribution < 1.29 is 9.47 Å². The molecule has 1 aromatic heterocycles. The van der Waals surface area contributed by atoms with Crippen LogP contribution in [0.3, 0.4) is 0 Å². The van der Waals surface area contributed by atoms with Gasteiger partial charge in [-0.15, -0.1) is 0 Å². The van der Waals surface area contributed by atoms with Crippen LogP contribution in [0.25, 0.3) is 11.0 Å². The minimum atomic E-state index is 0.00978. The van der Waals surface area contributed by atoms with Crippen LogP contribution in [0.5, 0.6) is 11.5 Å². The second-order valence-electron chi connectivity index (χ2n) is 7.20. The Bertz CT molecular complexity index is 829. The lowest BCUT2D eigenvalue weighted by molar-refractivity contribution is 0.299. The van der Waals surface area contributed by atoms with Crippen molar-refractivity contribution in [3.8, 4) is 11.5 Å². The molecule has 0 unspecified atom stereocenters. The molecule has 0 amide bonds. The highest BCUT2D eigenvalue weighted by Gasteiger charge is 2.22. The molecule has 0 atom stereocenters. The highest BCUT2D eigenvalue weighted by atomic mass is 16.5. The molecule has 4 heteroatoms. The van der Waals surface area contributed by atoms with Crippen molar-refractivity contribution in [2.45, 2.75) is 39.2 Å². The van der Waals surface area contributed by atoms with E-state index in [-0.39, 0.29) is 5.41 Å². The van der Waals surface area contributed by atoms with Crippen molar-refractivity contribution in [2.24, 2.45) is 0 Å². The summed E-state index contributed by atoms with van der Waals surface area (Å²) in [5, 5.41) is 0. The van der Waals surface area contributed by atoms with E-state index in [9.17, 15) is 0 Å². The Morgan fingerprint density at radius 2 is 1.64 bits per heavy atom. The van der Waals surface area contributed by atoms with E-state index >= 15 is 0 Å². The second-order valence-corrected chi connectivity index (χ2v) is 7.20. The zero-order valence-electron chi connectivity index (χ0n) is 15.5. The van der Waals surface area contributed by atoms with Gasteiger partial charge in [-0.1, -0.05) is 32.9 Å². The van der Waals surface area contributed by atoms with Gasteiger partial charge in [-0.25, -0.2) is 4.98 Å². The summed E-state index contributed by atoms with van der Waals surface area (Å²) in [5.74, 6) is 2.83. The Morgan fingerprint density at radius 1 is 0.960 bits per heavy atom. The molecule has 0 aliphatic rings. The smallest absolute Gasteiger partial charge is 0.119 e. The summed E-state index contributed by atoms with van der Waals surface area (Å²) in [6.45, 7) is 8.18. The Morgan fingerprint density at radius 3 is 2.32 bits per heavy atom. The fourth-order valence-corrected chi connectivity index (χ4v) is 2.96. The number of aryl methyl sites for hydroxylation is 1. The molecule has 2 aromatic carbocycles. The van der Waals surface area contributed by atoms with Gasteiger partial charge in [0.15, 0.2) is 0 Å². The third-order valence-electron chi connectivity index (χ3n) is 4.18. The van der Waals surface area contributed by atoms with E-state index in [1.165, 1.54) is 5.52 Å². The summed E-state index contributed by atoms with van der Waals surface area (Å²) in [6, 6.07) is 16.0. The lowest BCUT2D eigenvalue weighted by Gasteiger charge is -2.20. The maximum absolute atomic E-state index is 5.85. The molecule has 1 heterocycles. The molecule has 0 saturated carbocycles. The van der Waals surface area contributed by atoms with E-state index in [1.54, 1.807) is 7.11 Å². The zero-order chi connectivity index (χ0) is 17.9. The predicted molar refractivity (Wildman–Crippen MR) is 102 cm³/mol. The first-order chi connectivity index (χ1) is 12.0. The first-order valence-corrected chi connectivity index (χ1v) is 8.71. The van der Waals surface area contributed by atoms with Gasteiger partial charge in [-0.2, -0.15) is 0 Å². The van der Waals surface area contributed by atoms with Crippen LogP contribution < -0.4 is 9.47 Å². The fraction of sp³-hybridized carbons (Fsp3) is 0.381. The number of hydrogen-bond donors (Lipinski definition) is 0. The Kier molecular flexibility index (Phi) is 4.98. The van der Waals surface area contributed by atoms with Crippen molar-refractivity contribution >= 4 is 11.0 Å². The normalized spacial score (nSPS) is 11.7. The van der Waals surface area contributed by atoms with Gasteiger partial charge >= 0.3 is 0 Å². The monoisotopic (exact) mass is 338 g/mol. The molecule has 0 aliphatic carbocycles. The van der Waals surface area contributed by atoms with Crippen molar-refractivity contribution in [3.63, 3.8) is 0 Å². The Balaban J connectivity index is 1.68. The number of nitrogens with zero attached hydrogens (tertiary/aromatic N) is 2. The van der Waals surface area contributed by atoms with Crippen molar-refractivity contribution in [1.82, 2.24) is 9.55 Å². The number of ether oxygens (including phenoxy) is 2. The van der Waals surface area contributed by atoms with Crippen LogP contribution in [0.1, 0.15) is 33.0 Å². The molecule has 0 radical (unpaired) electrons. The number of imidazole rings is 1. The molecule has 0 fully saturated rings. The van der Waals surface area contributed by atoms with Gasteiger partial charge in [0.05, 0.1) is 24.8 Å². The third-order valence-corrected chi connectivity index (χ3v) is 4.18. The minimum Gasteiger partial charge on any atom is -0.497 e. The molecular formula is C21H26N2O2. The highest BCUT2D eigenvalue weighted by Crippen LogP contribution is 2.26. The number of hydrogen-bond acceptors (Lipinski definition) is 3. The van der Waals surface area contributed by atoms with Crippen LogP contribution in [-0.4, -0.2) is 23.3 Å². The number of rotatable bonds is 6. The van der Waals surface area contributed by atoms with E-state index < -0.39 is 0 Å². The summed E-state index contributed by atoms with van der Waals surface area (Å²) in [4.78, 5) is 4.85. The summed E-state index contributed by atoms with van der Waals surface area (Å²) < 4.78 is 13.3. The second kappa shape index (κ2) is 7.18. The van der Waals surface area contributed by atoms with E-state index in [4.69, 9.17) is 14.5 Å². The van der Waals surface area contributed by atoms with Gasteiger partial charge in [0.2, 0.25) is 0 Å². The third kappa shape index (κ3) is 3.95. The molecule has 0 spiro atoms. The van der Waals surface area contributed by atoms with Crippen molar-refractivity contribution in [1.29, 1.82) is 0 Å². The van der Waals surface area contributed by atoms with E-state index in [0.717, 1.165) is 35.8 Å². The van der Waals surface area contributed by atoms with E-state index in [0.29, 0.717) is 6.61 Å². The van der Waals surface area contributed by atoms with Crippen LogP contribution in [0.2, 0.25) is 0 Å². The molecule has 0 aliphatic heterocycles. The summed E-state index contributed by atoms with van der Waals surface area (Å²) in [6.07, 6.45) is 0.926. The SMILES string of the molecule is COc1ccc(OCCCn2c(C(C)(C)C)nc3ccccc32)cc1. The number of aromatic nitrogens is 2. The fourth-order valence-electron chi connectivity index (χ4n) is 2.96. The average molecular weight is 338 g/mol. The van der Waals surface area contributed by atoms with Gasteiger partial charge in [0, 0.05) is 12.0 Å². The highest BCUT2D eigenvalue weighted by molar-refractivity contribution is 5.76. The molecule has 25 heavy (non-hydrogen) atoms. The zero-order valence-corrected chi connectivity index (χ0v) is 15.5. The van der Waals surface area contributed by atoms with Crippen molar-refractivity contribution in [2.75, 3.05) is 13.7 Å². The van der Waals surface area contributed by atoms with E-state index in [2.05, 4.69) is 43.5 Å². The van der Waals surface area contributed by atoms with Crippen LogP contribution in [0.15, 0.2) is 48.5 Å². The predicted octanol–water partition coefficient (Wildman–Crippen LogP) is 4.81. The van der Waals surface area contributed by atoms with Crippen molar-refractivity contribution in [3.05, 3.63) is 54.4 Å². The number of benzene rings is 2. The van der Waals surface area contributed by atoms with Crippen LogP contribution in [0, 0.1) is 0 Å². The maximum atomic E-state index is 5.85. The maximum Gasteiger partial charge on any atom is 0.119 e. The molecular weight excluding hydrogens is 312 g/mol. The van der Waals surface area contributed by atoms with Gasteiger partial charge in [0.1, 0.15) is 17.3 Å². The molecule has 3 rings (SSSR count). The van der Waals surface area contributed by atoms with Crippen LogP contribution >= 0.6 is 0 Å². The summed E-state index contributed by atoms with van der Waals surface area (Å²) in [5.41, 5.74) is 2.26. The van der Waals surface area contributed by atoms with Crippen LogP contribution in [0.4, 0.5) is 0 Å². The first kappa shape index (κ1) is 17.3. The van der Waals surface area contributed by atoms with Gasteiger partial charge < -0.3 is 14.0 Å². The standard InChI is InChI=1S/C21H26N2O2/c1-21(2,3)20-22-18-8-5-6-9-19(18)23(20)14-7-15-25-17-12-10-16(24-4)11-13-17/h5-6,8-13H,7,14-15H2,1-4H3. The molecule has 4 nitrogen and oxygen atoms in total. The number of para-hydroxylation sites is 2. The van der Waals surface area contributed by atoms with E-state index in [1.807, 2.05) is 30.3 Å². The topological polar surface area (TPSA) is 36.3 Å². The van der Waals surface area contributed by atoms with Gasteiger partial charge in [0.25, 0.3) is 0 Å². The minimum absolute atomic E-state index is 0.00978. The quantitative estimate of drug-likeness (QED) is 0.605. The number of fused-ring (bicyclic) bond motifs is 1. The Labute approximate surface area is 149 Å². The average Bonchev–Trinajstić information content (AvgIpc) is 2.98. The molecule has 132 valence electrons. The molecule has 3 aromatic rings. The lowest BCUT2D eigenvalue weighted by Crippen LogP contribution is -2.19.